The molecular weight excluding hydrogens is 276 g/mol. The van der Waals surface area contributed by atoms with Crippen molar-refractivity contribution in [2.75, 3.05) is 26.8 Å². The highest BCUT2D eigenvalue weighted by molar-refractivity contribution is 5.79. The lowest BCUT2D eigenvalue weighted by molar-refractivity contribution is -0.126. The molecule has 4 rings (SSSR count). The van der Waals surface area contributed by atoms with Crippen LogP contribution in [0.5, 0.6) is 0 Å². The third-order valence-electron chi connectivity index (χ3n) is 5.21. The van der Waals surface area contributed by atoms with Gasteiger partial charge in [0.25, 0.3) is 0 Å². The largest absolute Gasteiger partial charge is 1.00 e. The van der Waals surface area contributed by atoms with Crippen LogP contribution in [0.25, 0.3) is 0 Å². The van der Waals surface area contributed by atoms with Gasteiger partial charge in [-0.2, -0.15) is 0 Å². The normalized spacial score (nSPS) is 37.5. The van der Waals surface area contributed by atoms with E-state index in [0.717, 1.165) is 24.3 Å². The number of carbonyl (C=O) groups excluding carboxylic acids is 1. The van der Waals surface area contributed by atoms with Gasteiger partial charge < -0.3 is 27.8 Å². The second kappa shape index (κ2) is 6.63. The summed E-state index contributed by atoms with van der Waals surface area (Å²) in [6, 6.07) is 0. The van der Waals surface area contributed by atoms with Gasteiger partial charge in [0.2, 0.25) is 5.91 Å². The van der Waals surface area contributed by atoms with E-state index in [4.69, 9.17) is 4.74 Å². The molecule has 4 aliphatic rings. The van der Waals surface area contributed by atoms with E-state index in [0.29, 0.717) is 13.2 Å². The highest BCUT2D eigenvalue weighted by Crippen LogP contribution is 2.55. The van der Waals surface area contributed by atoms with Gasteiger partial charge >= 0.3 is 0 Å². The van der Waals surface area contributed by atoms with Gasteiger partial charge in [0.15, 0.2) is 0 Å². The van der Waals surface area contributed by atoms with Crippen molar-refractivity contribution in [2.24, 2.45) is 17.8 Å². The fraction of sp³-hybridized carbons (Fsp3) is 0.933. The monoisotopic (exact) mass is 301 g/mol. The van der Waals surface area contributed by atoms with Crippen molar-refractivity contribution in [3.05, 3.63) is 0 Å². The molecule has 0 unspecified atom stereocenters. The summed E-state index contributed by atoms with van der Waals surface area (Å²) >= 11 is 0. The summed E-state index contributed by atoms with van der Waals surface area (Å²) in [5.41, 5.74) is 0.148. The van der Waals surface area contributed by atoms with Crippen LogP contribution in [-0.2, 0) is 9.53 Å². The third kappa shape index (κ3) is 3.46. The van der Waals surface area contributed by atoms with Crippen LogP contribution in [-0.4, -0.2) is 38.3 Å². The fourth-order valence-electron chi connectivity index (χ4n) is 4.98. The highest BCUT2D eigenvalue weighted by atomic mass is 35.5. The molecule has 2 N–H and O–H groups in total. The maximum Gasteiger partial charge on any atom is 0.234 e. The van der Waals surface area contributed by atoms with Gasteiger partial charge in [-0.1, -0.05) is 0 Å². The molecule has 5 heteroatoms. The lowest BCUT2D eigenvalue weighted by Gasteiger charge is -2.56. The summed E-state index contributed by atoms with van der Waals surface area (Å²) in [6.07, 6.45) is 7.93. The Labute approximate surface area is 127 Å². The van der Waals surface area contributed by atoms with Crippen LogP contribution in [0.3, 0.4) is 0 Å². The first-order valence-electron chi connectivity index (χ1n) is 7.70. The van der Waals surface area contributed by atoms with Crippen molar-refractivity contribution in [1.29, 1.82) is 0 Å². The Balaban J connectivity index is 0.00000147. The van der Waals surface area contributed by atoms with Crippen LogP contribution in [0.4, 0.5) is 0 Å². The van der Waals surface area contributed by atoms with Gasteiger partial charge in [-0.3, -0.25) is 4.79 Å². The van der Waals surface area contributed by atoms with Gasteiger partial charge in [-0.25, -0.2) is 0 Å². The molecule has 0 radical (unpaired) electrons. The maximum absolute atomic E-state index is 12.1. The zero-order valence-electron chi connectivity index (χ0n) is 12.3. The number of hydrogen-bond donors (Lipinski definition) is 2. The molecule has 0 aromatic heterocycles. The van der Waals surface area contributed by atoms with Crippen molar-refractivity contribution in [3.8, 4) is 0 Å². The van der Waals surface area contributed by atoms with Gasteiger partial charge in [0.1, 0.15) is 0 Å². The number of amides is 1. The predicted molar refractivity (Wildman–Crippen MR) is 73.8 cm³/mol. The SMILES string of the molecule is COCCNCC(=O)NC12CC3CC(CC(C3)C1)C2.[Cl-]. The molecule has 4 nitrogen and oxygen atoms in total. The van der Waals surface area contributed by atoms with Crippen LogP contribution < -0.4 is 23.0 Å². The van der Waals surface area contributed by atoms with E-state index in [9.17, 15) is 4.79 Å². The average Bonchev–Trinajstić information content (AvgIpc) is 2.32. The van der Waals surface area contributed by atoms with E-state index in [-0.39, 0.29) is 23.9 Å². The first-order chi connectivity index (χ1) is 9.19. The van der Waals surface area contributed by atoms with E-state index in [1.54, 1.807) is 7.11 Å². The van der Waals surface area contributed by atoms with Crippen LogP contribution in [0.1, 0.15) is 38.5 Å². The summed E-state index contributed by atoms with van der Waals surface area (Å²) < 4.78 is 4.96. The lowest BCUT2D eigenvalue weighted by atomic mass is 9.53. The molecule has 1 amide bonds. The second-order valence-electron chi connectivity index (χ2n) is 6.92. The Morgan fingerprint density at radius 2 is 1.70 bits per heavy atom. The summed E-state index contributed by atoms with van der Waals surface area (Å²) in [6.45, 7) is 1.82. The Hall–Kier alpha value is -0.320. The van der Waals surface area contributed by atoms with Crippen LogP contribution in [0.15, 0.2) is 0 Å². The number of halogens is 1. The Morgan fingerprint density at radius 1 is 1.15 bits per heavy atom. The topological polar surface area (TPSA) is 50.4 Å². The number of nitrogens with one attached hydrogen (secondary N) is 2. The summed E-state index contributed by atoms with van der Waals surface area (Å²) in [4.78, 5) is 12.1. The molecule has 4 aliphatic carbocycles. The number of ether oxygens (including phenoxy) is 1. The van der Waals surface area contributed by atoms with Gasteiger partial charge in [0.05, 0.1) is 13.2 Å². The molecular formula is C15H26ClN2O2-. The molecule has 20 heavy (non-hydrogen) atoms. The molecule has 116 valence electrons. The summed E-state index contributed by atoms with van der Waals surface area (Å²) in [5.74, 6) is 2.81. The molecule has 0 saturated heterocycles. The standard InChI is InChI=1S/C15H26N2O2.ClH/c1-19-3-2-16-10-14(18)17-15-7-11-4-12(8-15)6-13(5-11)9-15;/h11-13,16H,2-10H2,1H3,(H,17,18);1H/p-1. The van der Waals surface area contributed by atoms with E-state index < -0.39 is 0 Å². The van der Waals surface area contributed by atoms with E-state index in [1.165, 1.54) is 38.5 Å². The zero-order chi connectivity index (χ0) is 13.3. The summed E-state index contributed by atoms with van der Waals surface area (Å²) in [5, 5.41) is 6.49. The molecule has 4 bridgehead atoms. The minimum atomic E-state index is 0. The quantitative estimate of drug-likeness (QED) is 0.576. The molecule has 0 atom stereocenters. The highest BCUT2D eigenvalue weighted by Gasteiger charge is 2.51. The maximum atomic E-state index is 12.1. The Kier molecular flexibility index (Phi) is 5.32. The minimum Gasteiger partial charge on any atom is -1.00 e. The molecule has 0 heterocycles. The van der Waals surface area contributed by atoms with Crippen LogP contribution in [0.2, 0.25) is 0 Å². The van der Waals surface area contributed by atoms with E-state index in [2.05, 4.69) is 10.6 Å². The first kappa shape index (κ1) is 16.1. The predicted octanol–water partition coefficient (Wildman–Crippen LogP) is -1.69. The number of carbonyl (C=O) groups is 1. The van der Waals surface area contributed by atoms with Crippen molar-refractivity contribution in [3.63, 3.8) is 0 Å². The second-order valence-corrected chi connectivity index (χ2v) is 6.92. The molecule has 4 fully saturated rings. The van der Waals surface area contributed by atoms with Crippen molar-refractivity contribution >= 4 is 5.91 Å². The average molecular weight is 302 g/mol. The Morgan fingerprint density at radius 3 is 2.20 bits per heavy atom. The molecule has 0 aromatic rings. The van der Waals surface area contributed by atoms with Crippen LogP contribution in [0, 0.1) is 17.8 Å². The number of methoxy groups -OCH3 is 1. The fourth-order valence-corrected chi connectivity index (χ4v) is 4.98. The molecule has 4 saturated carbocycles. The van der Waals surface area contributed by atoms with E-state index >= 15 is 0 Å². The lowest BCUT2D eigenvalue weighted by Crippen LogP contribution is -3.00. The minimum absolute atomic E-state index is 0. The molecule has 0 aromatic carbocycles. The molecule has 0 aliphatic heterocycles. The third-order valence-corrected chi connectivity index (χ3v) is 5.21. The van der Waals surface area contributed by atoms with Gasteiger partial charge in [-0.05, 0) is 56.3 Å². The first-order valence-corrected chi connectivity index (χ1v) is 7.70. The molecule has 0 spiro atoms. The van der Waals surface area contributed by atoms with E-state index in [1.807, 2.05) is 0 Å². The van der Waals surface area contributed by atoms with Crippen molar-refractivity contribution < 1.29 is 21.9 Å². The Bertz CT molecular complexity index is 313. The van der Waals surface area contributed by atoms with Gasteiger partial charge in [0, 0.05) is 19.2 Å². The van der Waals surface area contributed by atoms with Crippen molar-refractivity contribution in [2.45, 2.75) is 44.1 Å². The zero-order valence-corrected chi connectivity index (χ0v) is 13.0. The number of hydrogen-bond acceptors (Lipinski definition) is 3. The number of rotatable bonds is 6. The van der Waals surface area contributed by atoms with Gasteiger partial charge in [-0.15, -0.1) is 0 Å². The smallest absolute Gasteiger partial charge is 0.234 e. The summed E-state index contributed by atoms with van der Waals surface area (Å²) in [7, 11) is 1.68. The van der Waals surface area contributed by atoms with Crippen molar-refractivity contribution in [1.82, 2.24) is 10.6 Å². The van der Waals surface area contributed by atoms with Crippen LogP contribution >= 0.6 is 0 Å².